The SMILES string of the molecule is Cc1ccccc1N1CC(=O)N(c2ccc(Br)cc2)[C@H](c2cccs2)C1=O. The van der Waals surface area contributed by atoms with E-state index in [9.17, 15) is 9.59 Å². The Bertz CT molecular complexity index is 986. The molecule has 6 heteroatoms. The van der Waals surface area contributed by atoms with Crippen molar-refractivity contribution in [3.8, 4) is 0 Å². The molecule has 0 radical (unpaired) electrons. The average Bonchev–Trinajstić information content (AvgIpc) is 3.19. The lowest BCUT2D eigenvalue weighted by atomic mass is 10.0. The molecule has 4 nitrogen and oxygen atoms in total. The second-order valence-corrected chi connectivity index (χ2v) is 8.26. The Morgan fingerprint density at radius 2 is 1.74 bits per heavy atom. The van der Waals surface area contributed by atoms with Gasteiger partial charge in [-0.05, 0) is 54.3 Å². The Hall–Kier alpha value is -2.44. The second-order valence-electron chi connectivity index (χ2n) is 6.37. The molecule has 1 atom stereocenters. The molecule has 1 saturated heterocycles. The maximum Gasteiger partial charge on any atom is 0.256 e. The van der Waals surface area contributed by atoms with E-state index in [0.29, 0.717) is 0 Å². The molecule has 1 aromatic heterocycles. The quantitative estimate of drug-likeness (QED) is 0.578. The summed E-state index contributed by atoms with van der Waals surface area (Å²) in [7, 11) is 0. The molecule has 0 spiro atoms. The highest BCUT2D eigenvalue weighted by molar-refractivity contribution is 9.10. The number of carbonyl (C=O) groups excluding carboxylic acids is 2. The summed E-state index contributed by atoms with van der Waals surface area (Å²) in [5, 5.41) is 1.93. The lowest BCUT2D eigenvalue weighted by Gasteiger charge is -2.40. The summed E-state index contributed by atoms with van der Waals surface area (Å²) in [5.41, 5.74) is 2.48. The monoisotopic (exact) mass is 440 g/mol. The third-order valence-electron chi connectivity index (χ3n) is 4.64. The molecule has 27 heavy (non-hydrogen) atoms. The van der Waals surface area contributed by atoms with Crippen LogP contribution in [0.25, 0.3) is 0 Å². The molecular weight excluding hydrogens is 424 g/mol. The van der Waals surface area contributed by atoms with E-state index in [-0.39, 0.29) is 18.4 Å². The lowest BCUT2D eigenvalue weighted by molar-refractivity contribution is -0.128. The molecule has 0 bridgehead atoms. The minimum atomic E-state index is -0.660. The number of anilines is 2. The second kappa shape index (κ2) is 7.29. The molecule has 2 heterocycles. The Morgan fingerprint density at radius 3 is 2.41 bits per heavy atom. The zero-order valence-corrected chi connectivity index (χ0v) is 17.0. The molecule has 1 aliphatic rings. The molecule has 0 aliphatic carbocycles. The van der Waals surface area contributed by atoms with Gasteiger partial charge >= 0.3 is 0 Å². The molecule has 2 aromatic carbocycles. The van der Waals surface area contributed by atoms with Crippen LogP contribution in [-0.2, 0) is 9.59 Å². The normalized spacial score (nSPS) is 17.5. The van der Waals surface area contributed by atoms with Crippen molar-refractivity contribution in [1.82, 2.24) is 0 Å². The molecule has 3 aromatic rings. The number of thiophene rings is 1. The Kier molecular flexibility index (Phi) is 4.85. The van der Waals surface area contributed by atoms with Crippen LogP contribution in [0.1, 0.15) is 16.5 Å². The van der Waals surface area contributed by atoms with Gasteiger partial charge in [-0.3, -0.25) is 14.5 Å². The van der Waals surface area contributed by atoms with Crippen LogP contribution >= 0.6 is 27.3 Å². The first-order valence-corrected chi connectivity index (χ1v) is 10.2. The first kappa shape index (κ1) is 17.9. The molecule has 0 N–H and O–H groups in total. The standard InChI is InChI=1S/C21H17BrN2O2S/c1-14-5-2-3-6-17(14)23-13-19(25)24(16-10-8-15(22)9-11-16)20(21(23)26)18-7-4-12-27-18/h2-12,20H,13H2,1H3/t20-/m1/s1. The van der Waals surface area contributed by atoms with Gasteiger partial charge in [0.2, 0.25) is 5.91 Å². The number of benzene rings is 2. The molecule has 2 amide bonds. The highest BCUT2D eigenvalue weighted by Gasteiger charge is 2.42. The van der Waals surface area contributed by atoms with Crippen molar-refractivity contribution in [2.75, 3.05) is 16.3 Å². The summed E-state index contributed by atoms with van der Waals surface area (Å²) in [5.74, 6) is -0.187. The van der Waals surface area contributed by atoms with Crippen LogP contribution in [0.15, 0.2) is 70.5 Å². The van der Waals surface area contributed by atoms with Gasteiger partial charge in [0.1, 0.15) is 6.54 Å². The number of piperazine rings is 1. The summed E-state index contributed by atoms with van der Waals surface area (Å²) < 4.78 is 0.927. The van der Waals surface area contributed by atoms with Crippen LogP contribution in [0, 0.1) is 6.92 Å². The van der Waals surface area contributed by atoms with Gasteiger partial charge in [-0.25, -0.2) is 0 Å². The highest BCUT2D eigenvalue weighted by atomic mass is 79.9. The fourth-order valence-corrected chi connectivity index (χ4v) is 4.42. The minimum Gasteiger partial charge on any atom is -0.301 e. The van der Waals surface area contributed by atoms with Crippen molar-refractivity contribution < 1.29 is 9.59 Å². The van der Waals surface area contributed by atoms with Crippen LogP contribution in [0.3, 0.4) is 0 Å². The number of hydrogen-bond donors (Lipinski definition) is 0. The molecule has 136 valence electrons. The van der Waals surface area contributed by atoms with E-state index in [4.69, 9.17) is 0 Å². The Morgan fingerprint density at radius 1 is 1.00 bits per heavy atom. The largest absolute Gasteiger partial charge is 0.301 e. The van der Waals surface area contributed by atoms with Gasteiger partial charge in [0.25, 0.3) is 5.91 Å². The average molecular weight is 441 g/mol. The first-order chi connectivity index (χ1) is 13.1. The number of halogens is 1. The molecule has 4 rings (SSSR count). The first-order valence-electron chi connectivity index (χ1n) is 8.54. The molecule has 1 fully saturated rings. The topological polar surface area (TPSA) is 40.6 Å². The van der Waals surface area contributed by atoms with E-state index < -0.39 is 6.04 Å². The van der Waals surface area contributed by atoms with Crippen molar-refractivity contribution in [3.63, 3.8) is 0 Å². The van der Waals surface area contributed by atoms with E-state index >= 15 is 0 Å². The van der Waals surface area contributed by atoms with Crippen molar-refractivity contribution in [1.29, 1.82) is 0 Å². The molecule has 1 aliphatic heterocycles. The van der Waals surface area contributed by atoms with Gasteiger partial charge < -0.3 is 4.90 Å². The fourth-order valence-electron chi connectivity index (χ4n) is 3.35. The van der Waals surface area contributed by atoms with E-state index in [1.807, 2.05) is 73.0 Å². The van der Waals surface area contributed by atoms with E-state index in [1.54, 1.807) is 9.80 Å². The molecular formula is C21H17BrN2O2S. The number of para-hydroxylation sites is 1. The number of hydrogen-bond acceptors (Lipinski definition) is 3. The predicted octanol–water partition coefficient (Wildman–Crippen LogP) is 4.94. The number of carbonyl (C=O) groups is 2. The van der Waals surface area contributed by atoms with Crippen molar-refractivity contribution in [2.24, 2.45) is 0 Å². The third-order valence-corrected chi connectivity index (χ3v) is 6.10. The van der Waals surface area contributed by atoms with Gasteiger partial charge in [-0.2, -0.15) is 0 Å². The van der Waals surface area contributed by atoms with Crippen molar-refractivity contribution in [3.05, 3.63) is 81.0 Å². The van der Waals surface area contributed by atoms with Crippen molar-refractivity contribution in [2.45, 2.75) is 13.0 Å². The van der Waals surface area contributed by atoms with E-state index in [1.165, 1.54) is 11.3 Å². The summed E-state index contributed by atoms with van der Waals surface area (Å²) in [6, 6.07) is 18.3. The zero-order chi connectivity index (χ0) is 19.0. The van der Waals surface area contributed by atoms with Gasteiger partial charge in [0.05, 0.1) is 0 Å². The number of nitrogens with zero attached hydrogens (tertiary/aromatic N) is 2. The molecule has 0 saturated carbocycles. The van der Waals surface area contributed by atoms with Gasteiger partial charge in [-0.15, -0.1) is 11.3 Å². The summed E-state index contributed by atoms with van der Waals surface area (Å²) in [6.07, 6.45) is 0. The fraction of sp³-hybridized carbons (Fsp3) is 0.143. The van der Waals surface area contributed by atoms with E-state index in [0.717, 1.165) is 26.3 Å². The Labute approximate surface area is 170 Å². The van der Waals surface area contributed by atoms with Crippen LogP contribution in [0.4, 0.5) is 11.4 Å². The van der Waals surface area contributed by atoms with Gasteiger partial charge in [0, 0.05) is 20.7 Å². The summed E-state index contributed by atoms with van der Waals surface area (Å²) >= 11 is 4.91. The third kappa shape index (κ3) is 3.31. The Balaban J connectivity index is 1.80. The van der Waals surface area contributed by atoms with Crippen LogP contribution in [0.5, 0.6) is 0 Å². The highest BCUT2D eigenvalue weighted by Crippen LogP contribution is 2.37. The maximum absolute atomic E-state index is 13.5. The van der Waals surface area contributed by atoms with Crippen LogP contribution in [-0.4, -0.2) is 18.4 Å². The smallest absolute Gasteiger partial charge is 0.256 e. The maximum atomic E-state index is 13.5. The van der Waals surface area contributed by atoms with Crippen LogP contribution < -0.4 is 9.80 Å². The van der Waals surface area contributed by atoms with Gasteiger partial charge in [-0.1, -0.05) is 40.2 Å². The number of amides is 2. The van der Waals surface area contributed by atoms with Crippen LogP contribution in [0.2, 0.25) is 0 Å². The van der Waals surface area contributed by atoms with Crippen molar-refractivity contribution >= 4 is 50.5 Å². The van der Waals surface area contributed by atoms with Gasteiger partial charge in [0.15, 0.2) is 6.04 Å². The van der Waals surface area contributed by atoms with E-state index in [2.05, 4.69) is 15.9 Å². The summed E-state index contributed by atoms with van der Waals surface area (Å²) in [6.45, 7) is 1.98. The molecule has 0 unspecified atom stereocenters. The zero-order valence-electron chi connectivity index (χ0n) is 14.6. The summed E-state index contributed by atoms with van der Waals surface area (Å²) in [4.78, 5) is 30.7. The minimum absolute atomic E-state index is 0.0294. The lowest BCUT2D eigenvalue weighted by Crippen LogP contribution is -2.56. The number of aryl methyl sites for hydroxylation is 1. The number of rotatable bonds is 3. The predicted molar refractivity (Wildman–Crippen MR) is 112 cm³/mol.